The van der Waals surface area contributed by atoms with Gasteiger partial charge in [-0.05, 0) is 30.0 Å². The average molecular weight is 232 g/mol. The molecule has 16 heavy (non-hydrogen) atoms. The maximum absolute atomic E-state index is 7.88. The summed E-state index contributed by atoms with van der Waals surface area (Å²) >= 11 is 1.16. The molecule has 0 fully saturated rings. The van der Waals surface area contributed by atoms with E-state index in [9.17, 15) is 0 Å². The predicted octanol–water partition coefficient (Wildman–Crippen LogP) is 2.17. The van der Waals surface area contributed by atoms with Gasteiger partial charge in [-0.15, -0.1) is 0 Å². The van der Waals surface area contributed by atoms with Crippen LogP contribution in [-0.2, 0) is 0 Å². The fourth-order valence-electron chi connectivity index (χ4n) is 1.40. The standard InChI is InChI=1S/C11H12N4S/c1-14-11(13)16-10(12)8-2-3-9-7(6-8)4-5-15-9/h2-6,12,15H,1H3,(H2,13,14). The van der Waals surface area contributed by atoms with Gasteiger partial charge < -0.3 is 10.7 Å². The molecule has 5 heteroatoms. The summed E-state index contributed by atoms with van der Waals surface area (Å²) in [5.74, 6) is 0. The van der Waals surface area contributed by atoms with E-state index in [2.05, 4.69) is 9.98 Å². The minimum Gasteiger partial charge on any atom is -0.378 e. The number of thioether (sulfide) groups is 1. The van der Waals surface area contributed by atoms with Gasteiger partial charge in [-0.3, -0.25) is 10.4 Å². The van der Waals surface area contributed by atoms with Crippen molar-refractivity contribution in [3.8, 4) is 0 Å². The lowest BCUT2D eigenvalue weighted by Gasteiger charge is -2.02. The van der Waals surface area contributed by atoms with E-state index in [0.29, 0.717) is 10.2 Å². The number of rotatable bonds is 1. The molecule has 0 saturated heterocycles. The maximum atomic E-state index is 7.88. The molecule has 0 amide bonds. The fraction of sp³-hybridized carbons (Fsp3) is 0.0909. The highest BCUT2D eigenvalue weighted by atomic mass is 32.2. The van der Waals surface area contributed by atoms with Crippen LogP contribution in [0.2, 0.25) is 0 Å². The first-order valence-electron chi connectivity index (χ1n) is 4.77. The molecule has 0 bridgehead atoms. The Morgan fingerprint density at radius 2 is 2.25 bits per heavy atom. The molecule has 1 aromatic heterocycles. The molecular formula is C11H12N4S. The quantitative estimate of drug-likeness (QED) is 0.520. The van der Waals surface area contributed by atoms with Gasteiger partial charge in [0.15, 0.2) is 5.17 Å². The van der Waals surface area contributed by atoms with E-state index in [0.717, 1.165) is 28.2 Å². The zero-order chi connectivity index (χ0) is 11.5. The van der Waals surface area contributed by atoms with E-state index < -0.39 is 0 Å². The van der Waals surface area contributed by atoms with Crippen LogP contribution in [0.15, 0.2) is 35.5 Å². The van der Waals surface area contributed by atoms with E-state index in [1.165, 1.54) is 0 Å². The lowest BCUT2D eigenvalue weighted by atomic mass is 10.2. The third-order valence-corrected chi connectivity index (χ3v) is 3.07. The minimum atomic E-state index is 0.402. The number of aliphatic imine (C=N–C) groups is 1. The van der Waals surface area contributed by atoms with Crippen molar-refractivity contribution in [3.63, 3.8) is 0 Å². The Labute approximate surface area is 97.5 Å². The maximum Gasteiger partial charge on any atom is 0.160 e. The van der Waals surface area contributed by atoms with Crippen LogP contribution in [-0.4, -0.2) is 22.2 Å². The third-order valence-electron chi connectivity index (χ3n) is 2.24. The van der Waals surface area contributed by atoms with Gasteiger partial charge in [0.05, 0.1) is 0 Å². The second-order valence-corrected chi connectivity index (χ2v) is 4.30. The first-order chi connectivity index (χ1) is 7.70. The molecule has 0 saturated carbocycles. The van der Waals surface area contributed by atoms with E-state index in [1.807, 2.05) is 30.5 Å². The molecule has 2 aromatic rings. The van der Waals surface area contributed by atoms with Gasteiger partial charge in [0, 0.05) is 29.7 Å². The van der Waals surface area contributed by atoms with Crippen LogP contribution in [0, 0.1) is 5.41 Å². The SMILES string of the molecule is CN=C(N)SC(=N)c1ccc2[nH]ccc2c1. The van der Waals surface area contributed by atoms with Crippen molar-refractivity contribution in [1.82, 2.24) is 4.98 Å². The van der Waals surface area contributed by atoms with Crippen molar-refractivity contribution in [1.29, 1.82) is 5.41 Å². The van der Waals surface area contributed by atoms with Crippen LogP contribution >= 0.6 is 11.8 Å². The highest BCUT2D eigenvalue weighted by Gasteiger charge is 2.05. The zero-order valence-corrected chi connectivity index (χ0v) is 9.64. The van der Waals surface area contributed by atoms with Crippen molar-refractivity contribution in [2.45, 2.75) is 0 Å². The number of fused-ring (bicyclic) bond motifs is 1. The van der Waals surface area contributed by atoms with Crippen LogP contribution in [0.4, 0.5) is 0 Å². The summed E-state index contributed by atoms with van der Waals surface area (Å²) in [5.41, 5.74) is 7.49. The molecular weight excluding hydrogens is 220 g/mol. The summed E-state index contributed by atoms with van der Waals surface area (Å²) in [7, 11) is 1.62. The molecule has 1 heterocycles. The Hall–Kier alpha value is -1.75. The van der Waals surface area contributed by atoms with Crippen LogP contribution in [0.5, 0.6) is 0 Å². The van der Waals surface area contributed by atoms with Gasteiger partial charge in [0.1, 0.15) is 5.04 Å². The van der Waals surface area contributed by atoms with Crippen molar-refractivity contribution in [2.75, 3.05) is 7.05 Å². The summed E-state index contributed by atoms with van der Waals surface area (Å²) in [5, 5.41) is 9.79. The molecule has 0 radical (unpaired) electrons. The second kappa shape index (κ2) is 4.40. The first-order valence-corrected chi connectivity index (χ1v) is 5.58. The summed E-state index contributed by atoms with van der Waals surface area (Å²) in [6, 6.07) is 7.80. The molecule has 4 N–H and O–H groups in total. The van der Waals surface area contributed by atoms with E-state index >= 15 is 0 Å². The lowest BCUT2D eigenvalue weighted by molar-refractivity contribution is 1.44. The topological polar surface area (TPSA) is 78.0 Å². The van der Waals surface area contributed by atoms with Gasteiger partial charge in [-0.1, -0.05) is 6.07 Å². The largest absolute Gasteiger partial charge is 0.378 e. The normalized spacial score (nSPS) is 11.9. The van der Waals surface area contributed by atoms with Crippen LogP contribution in [0.3, 0.4) is 0 Å². The number of nitrogens with two attached hydrogens (primary N) is 1. The van der Waals surface area contributed by atoms with Gasteiger partial charge in [-0.2, -0.15) is 0 Å². The number of aromatic nitrogens is 1. The smallest absolute Gasteiger partial charge is 0.160 e. The van der Waals surface area contributed by atoms with E-state index in [4.69, 9.17) is 11.1 Å². The summed E-state index contributed by atoms with van der Waals surface area (Å²) in [4.78, 5) is 6.93. The molecule has 0 spiro atoms. The molecule has 0 aliphatic heterocycles. The number of H-pyrrole nitrogens is 1. The monoisotopic (exact) mass is 232 g/mol. The molecule has 1 aromatic carbocycles. The highest BCUT2D eigenvalue weighted by Crippen LogP contribution is 2.18. The number of aromatic amines is 1. The molecule has 2 rings (SSSR count). The number of amidine groups is 1. The minimum absolute atomic E-state index is 0.402. The van der Waals surface area contributed by atoms with Gasteiger partial charge in [0.25, 0.3) is 0 Å². The van der Waals surface area contributed by atoms with Gasteiger partial charge >= 0.3 is 0 Å². The Kier molecular flexibility index (Phi) is 2.96. The summed E-state index contributed by atoms with van der Waals surface area (Å²) in [6.07, 6.45) is 1.88. The Morgan fingerprint density at radius 1 is 1.44 bits per heavy atom. The molecule has 0 atom stereocenters. The van der Waals surface area contributed by atoms with Gasteiger partial charge in [0.2, 0.25) is 0 Å². The van der Waals surface area contributed by atoms with Crippen LogP contribution in [0.25, 0.3) is 10.9 Å². The van der Waals surface area contributed by atoms with Gasteiger partial charge in [-0.25, -0.2) is 0 Å². The predicted molar refractivity (Wildman–Crippen MR) is 70.3 cm³/mol. The summed E-state index contributed by atoms with van der Waals surface area (Å²) < 4.78 is 0. The average Bonchev–Trinajstić information content (AvgIpc) is 2.75. The van der Waals surface area contributed by atoms with Crippen molar-refractivity contribution >= 4 is 32.9 Å². The number of hydrogen-bond acceptors (Lipinski definition) is 3. The molecule has 82 valence electrons. The fourth-order valence-corrected chi connectivity index (χ4v) is 1.95. The van der Waals surface area contributed by atoms with E-state index in [-0.39, 0.29) is 0 Å². The van der Waals surface area contributed by atoms with Crippen molar-refractivity contribution in [3.05, 3.63) is 36.0 Å². The van der Waals surface area contributed by atoms with Crippen molar-refractivity contribution in [2.24, 2.45) is 10.7 Å². The van der Waals surface area contributed by atoms with E-state index in [1.54, 1.807) is 7.05 Å². The number of hydrogen-bond donors (Lipinski definition) is 3. The summed E-state index contributed by atoms with van der Waals surface area (Å²) in [6.45, 7) is 0. The lowest BCUT2D eigenvalue weighted by Crippen LogP contribution is -2.09. The highest BCUT2D eigenvalue weighted by molar-refractivity contribution is 8.26. The second-order valence-electron chi connectivity index (χ2n) is 3.27. The molecule has 0 unspecified atom stereocenters. The zero-order valence-electron chi connectivity index (χ0n) is 8.82. The number of nitrogens with zero attached hydrogens (tertiary/aromatic N) is 1. The Bertz CT molecular complexity index is 556. The molecule has 0 aliphatic carbocycles. The third kappa shape index (κ3) is 2.09. The Balaban J connectivity index is 2.29. The number of nitrogens with one attached hydrogen (secondary N) is 2. The first kappa shape index (κ1) is 10.8. The molecule has 4 nitrogen and oxygen atoms in total. The Morgan fingerprint density at radius 3 is 3.00 bits per heavy atom. The number of benzene rings is 1. The van der Waals surface area contributed by atoms with Crippen LogP contribution < -0.4 is 5.73 Å². The molecule has 0 aliphatic rings. The van der Waals surface area contributed by atoms with Crippen molar-refractivity contribution < 1.29 is 0 Å². The van der Waals surface area contributed by atoms with Crippen LogP contribution in [0.1, 0.15) is 5.56 Å².